The van der Waals surface area contributed by atoms with Gasteiger partial charge in [-0.3, -0.25) is 4.90 Å². The van der Waals surface area contributed by atoms with Crippen molar-refractivity contribution in [3.05, 3.63) is 28.3 Å². The molecule has 0 aromatic heterocycles. The van der Waals surface area contributed by atoms with Gasteiger partial charge >= 0.3 is 0 Å². The zero-order chi connectivity index (χ0) is 13.8. The average Bonchev–Trinajstić information content (AvgIpc) is 2.80. The molecule has 1 heterocycles. The molecule has 0 N–H and O–H groups in total. The first-order chi connectivity index (χ1) is 9.08. The van der Waals surface area contributed by atoms with Crippen molar-refractivity contribution in [3.63, 3.8) is 0 Å². The first kappa shape index (κ1) is 14.5. The summed E-state index contributed by atoms with van der Waals surface area (Å²) in [5.74, 6) is 0.561. The highest BCUT2D eigenvalue weighted by molar-refractivity contribution is 6.31. The molecular formula is C14H18ClF2NO. The molecule has 1 aliphatic rings. The fourth-order valence-electron chi connectivity index (χ4n) is 2.38. The second kappa shape index (κ2) is 6.53. The highest BCUT2D eigenvalue weighted by Crippen LogP contribution is 2.33. The lowest BCUT2D eigenvalue weighted by atomic mass is 10.1. The van der Waals surface area contributed by atoms with Crippen molar-refractivity contribution in [2.45, 2.75) is 26.2 Å². The van der Waals surface area contributed by atoms with E-state index in [9.17, 15) is 8.78 Å². The molecule has 0 unspecified atom stereocenters. The number of alkyl halides is 2. The van der Waals surface area contributed by atoms with Crippen molar-refractivity contribution >= 4 is 11.6 Å². The van der Waals surface area contributed by atoms with Gasteiger partial charge < -0.3 is 4.74 Å². The maximum atomic E-state index is 12.7. The number of aryl methyl sites for hydroxylation is 1. The van der Waals surface area contributed by atoms with E-state index in [-0.39, 0.29) is 10.6 Å². The number of likely N-dealkylation sites (tertiary alicyclic amines) is 1. The number of ether oxygens (including phenoxy) is 1. The van der Waals surface area contributed by atoms with Crippen LogP contribution in [0.1, 0.15) is 30.4 Å². The number of benzene rings is 1. The third-order valence-electron chi connectivity index (χ3n) is 3.40. The van der Waals surface area contributed by atoms with Gasteiger partial charge in [-0.25, -0.2) is 8.78 Å². The minimum Gasteiger partial charge on any atom is -0.492 e. The van der Waals surface area contributed by atoms with Crippen molar-refractivity contribution in [1.82, 2.24) is 4.90 Å². The summed E-state index contributed by atoms with van der Waals surface area (Å²) >= 11 is 5.87. The average molecular weight is 290 g/mol. The monoisotopic (exact) mass is 289 g/mol. The van der Waals surface area contributed by atoms with Crippen LogP contribution in [0.3, 0.4) is 0 Å². The minimum atomic E-state index is -2.55. The Bertz CT molecular complexity index is 410. The van der Waals surface area contributed by atoms with E-state index in [1.807, 2.05) is 0 Å². The molecule has 5 heteroatoms. The van der Waals surface area contributed by atoms with E-state index in [0.717, 1.165) is 19.6 Å². The van der Waals surface area contributed by atoms with Crippen molar-refractivity contribution < 1.29 is 13.5 Å². The van der Waals surface area contributed by atoms with Gasteiger partial charge in [-0.15, -0.1) is 0 Å². The standard InChI is InChI=1S/C14H18ClF2NO/c1-10-8-11(9-12(15)13(10)14(16)17)19-7-6-18-4-2-3-5-18/h8-9,14H,2-7H2,1H3. The van der Waals surface area contributed by atoms with Crippen LogP contribution in [0.4, 0.5) is 8.78 Å². The van der Waals surface area contributed by atoms with E-state index < -0.39 is 6.43 Å². The number of hydrogen-bond acceptors (Lipinski definition) is 2. The molecule has 0 bridgehead atoms. The van der Waals surface area contributed by atoms with Crippen LogP contribution in [-0.2, 0) is 0 Å². The van der Waals surface area contributed by atoms with Gasteiger partial charge in [0.05, 0.1) is 5.02 Å². The van der Waals surface area contributed by atoms with Gasteiger partial charge in [0.1, 0.15) is 12.4 Å². The molecule has 2 nitrogen and oxygen atoms in total. The molecule has 0 spiro atoms. The molecule has 19 heavy (non-hydrogen) atoms. The summed E-state index contributed by atoms with van der Waals surface area (Å²) < 4.78 is 31.1. The molecule has 1 aliphatic heterocycles. The Labute approximate surface area is 117 Å². The summed E-state index contributed by atoms with van der Waals surface area (Å²) in [6.07, 6.45) is -0.0617. The lowest BCUT2D eigenvalue weighted by Gasteiger charge is -2.16. The molecule has 0 saturated carbocycles. The van der Waals surface area contributed by atoms with Gasteiger partial charge in [0.25, 0.3) is 6.43 Å². The predicted octanol–water partition coefficient (Wildman–Crippen LogP) is 4.06. The van der Waals surface area contributed by atoms with E-state index in [1.54, 1.807) is 13.0 Å². The van der Waals surface area contributed by atoms with Crippen LogP contribution in [-0.4, -0.2) is 31.1 Å². The van der Waals surface area contributed by atoms with E-state index in [0.29, 0.717) is 17.9 Å². The second-order valence-electron chi connectivity index (χ2n) is 4.83. The van der Waals surface area contributed by atoms with E-state index in [2.05, 4.69) is 4.90 Å². The van der Waals surface area contributed by atoms with Gasteiger partial charge in [-0.05, 0) is 50.6 Å². The predicted molar refractivity (Wildman–Crippen MR) is 72.3 cm³/mol. The zero-order valence-corrected chi connectivity index (χ0v) is 11.7. The molecule has 1 aromatic carbocycles. The van der Waals surface area contributed by atoms with Crippen LogP contribution in [0.5, 0.6) is 5.75 Å². The topological polar surface area (TPSA) is 12.5 Å². The molecule has 1 saturated heterocycles. The lowest BCUT2D eigenvalue weighted by molar-refractivity contribution is 0.150. The third-order valence-corrected chi connectivity index (χ3v) is 3.72. The van der Waals surface area contributed by atoms with Crippen LogP contribution >= 0.6 is 11.6 Å². The lowest BCUT2D eigenvalue weighted by Crippen LogP contribution is -2.25. The summed E-state index contributed by atoms with van der Waals surface area (Å²) in [6.45, 7) is 5.29. The smallest absolute Gasteiger partial charge is 0.265 e. The summed E-state index contributed by atoms with van der Waals surface area (Å²) in [5, 5.41) is 0.0752. The molecule has 1 fully saturated rings. The normalized spacial score (nSPS) is 16.3. The van der Waals surface area contributed by atoms with Crippen LogP contribution in [0.2, 0.25) is 5.02 Å². The minimum absolute atomic E-state index is 0.0752. The molecule has 1 aromatic rings. The summed E-state index contributed by atoms with van der Waals surface area (Å²) in [5.41, 5.74) is 0.368. The van der Waals surface area contributed by atoms with Crippen LogP contribution in [0.25, 0.3) is 0 Å². The third kappa shape index (κ3) is 3.80. The first-order valence-electron chi connectivity index (χ1n) is 6.51. The Morgan fingerprint density at radius 1 is 1.32 bits per heavy atom. The quantitative estimate of drug-likeness (QED) is 0.810. The fourth-order valence-corrected chi connectivity index (χ4v) is 2.72. The summed E-state index contributed by atoms with van der Waals surface area (Å²) in [4.78, 5) is 2.34. The van der Waals surface area contributed by atoms with Gasteiger partial charge in [-0.2, -0.15) is 0 Å². The molecule has 2 rings (SSSR count). The molecule has 0 aliphatic carbocycles. The SMILES string of the molecule is Cc1cc(OCCN2CCCC2)cc(Cl)c1C(F)F. The highest BCUT2D eigenvalue weighted by Gasteiger charge is 2.16. The Hall–Kier alpha value is -0.870. The summed E-state index contributed by atoms with van der Waals surface area (Å²) in [6, 6.07) is 3.09. The summed E-state index contributed by atoms with van der Waals surface area (Å²) in [7, 11) is 0. The zero-order valence-electron chi connectivity index (χ0n) is 11.0. The van der Waals surface area contributed by atoms with Crippen LogP contribution in [0.15, 0.2) is 12.1 Å². The Kier molecular flexibility index (Phi) is 4.99. The molecule has 0 radical (unpaired) electrons. The van der Waals surface area contributed by atoms with Gasteiger partial charge in [0.15, 0.2) is 0 Å². The maximum Gasteiger partial charge on any atom is 0.265 e. The van der Waals surface area contributed by atoms with E-state index in [4.69, 9.17) is 16.3 Å². The van der Waals surface area contributed by atoms with Gasteiger partial charge in [-0.1, -0.05) is 11.6 Å². The van der Waals surface area contributed by atoms with Crippen LogP contribution < -0.4 is 4.74 Å². The first-order valence-corrected chi connectivity index (χ1v) is 6.89. The molecule has 0 amide bonds. The number of halogens is 3. The van der Waals surface area contributed by atoms with E-state index >= 15 is 0 Å². The number of hydrogen-bond donors (Lipinski definition) is 0. The van der Waals surface area contributed by atoms with Crippen molar-refractivity contribution in [2.75, 3.05) is 26.2 Å². The van der Waals surface area contributed by atoms with Crippen molar-refractivity contribution in [1.29, 1.82) is 0 Å². The van der Waals surface area contributed by atoms with Crippen LogP contribution in [0, 0.1) is 6.92 Å². The number of rotatable bonds is 5. The Morgan fingerprint density at radius 3 is 2.58 bits per heavy atom. The highest BCUT2D eigenvalue weighted by atomic mass is 35.5. The maximum absolute atomic E-state index is 12.7. The van der Waals surface area contributed by atoms with Gasteiger partial charge in [0, 0.05) is 12.1 Å². The van der Waals surface area contributed by atoms with Crippen molar-refractivity contribution in [3.8, 4) is 5.75 Å². The molecule has 0 atom stereocenters. The fraction of sp³-hybridized carbons (Fsp3) is 0.571. The van der Waals surface area contributed by atoms with E-state index in [1.165, 1.54) is 18.9 Å². The van der Waals surface area contributed by atoms with Crippen molar-refractivity contribution in [2.24, 2.45) is 0 Å². The Balaban J connectivity index is 1.93. The number of nitrogens with zero attached hydrogens (tertiary/aromatic N) is 1. The molecular weight excluding hydrogens is 272 g/mol. The van der Waals surface area contributed by atoms with Gasteiger partial charge in [0.2, 0.25) is 0 Å². The Morgan fingerprint density at radius 2 is 2.00 bits per heavy atom. The molecule has 106 valence electrons. The second-order valence-corrected chi connectivity index (χ2v) is 5.24. The largest absolute Gasteiger partial charge is 0.492 e.